The molecule has 0 radical (unpaired) electrons. The number of benzene rings is 1. The zero-order valence-corrected chi connectivity index (χ0v) is 13.1. The monoisotopic (exact) mass is 302 g/mol. The summed E-state index contributed by atoms with van der Waals surface area (Å²) in [5.41, 5.74) is 5.67. The second-order valence-corrected chi connectivity index (χ2v) is 4.85. The van der Waals surface area contributed by atoms with Gasteiger partial charge in [0.25, 0.3) is 5.91 Å². The van der Waals surface area contributed by atoms with Gasteiger partial charge in [0.2, 0.25) is 0 Å². The van der Waals surface area contributed by atoms with Crippen LogP contribution >= 0.6 is 0 Å². The summed E-state index contributed by atoms with van der Waals surface area (Å²) in [6.45, 7) is 2.80. The lowest BCUT2D eigenvalue weighted by atomic mass is 10.1. The van der Waals surface area contributed by atoms with Crippen LogP contribution in [0.1, 0.15) is 38.2 Å². The van der Waals surface area contributed by atoms with E-state index < -0.39 is 5.91 Å². The number of methoxy groups -OCH3 is 1. The molecule has 0 aliphatic rings. The highest BCUT2D eigenvalue weighted by atomic mass is 16.5. The normalized spacial score (nSPS) is 10.9. The van der Waals surface area contributed by atoms with Crippen molar-refractivity contribution in [3.8, 4) is 17.6 Å². The Kier molecular flexibility index (Phi) is 7.55. The number of nitriles is 1. The number of unbranched alkanes of at least 4 members (excludes halogenated alkanes) is 3. The van der Waals surface area contributed by atoms with Crippen molar-refractivity contribution >= 4 is 12.0 Å². The number of amides is 1. The van der Waals surface area contributed by atoms with Crippen LogP contribution < -0.4 is 15.2 Å². The molecule has 0 bridgehead atoms. The van der Waals surface area contributed by atoms with Crippen molar-refractivity contribution in [2.45, 2.75) is 32.6 Å². The van der Waals surface area contributed by atoms with Gasteiger partial charge in [0.1, 0.15) is 11.6 Å². The van der Waals surface area contributed by atoms with E-state index >= 15 is 0 Å². The summed E-state index contributed by atoms with van der Waals surface area (Å²) in [7, 11) is 1.55. The Balaban J connectivity index is 2.79. The van der Waals surface area contributed by atoms with E-state index in [0.29, 0.717) is 23.7 Å². The molecule has 22 heavy (non-hydrogen) atoms. The predicted molar refractivity (Wildman–Crippen MR) is 85.4 cm³/mol. The second kappa shape index (κ2) is 9.46. The lowest BCUT2D eigenvalue weighted by molar-refractivity contribution is -0.114. The Morgan fingerprint density at radius 2 is 2.09 bits per heavy atom. The number of rotatable bonds is 9. The second-order valence-electron chi connectivity index (χ2n) is 4.85. The number of primary amides is 1. The zero-order valence-electron chi connectivity index (χ0n) is 13.1. The van der Waals surface area contributed by atoms with E-state index in [0.717, 1.165) is 12.8 Å². The van der Waals surface area contributed by atoms with Crippen molar-refractivity contribution in [3.05, 3.63) is 29.3 Å². The molecule has 0 fully saturated rings. The van der Waals surface area contributed by atoms with Crippen LogP contribution in [0.2, 0.25) is 0 Å². The molecule has 0 saturated heterocycles. The van der Waals surface area contributed by atoms with E-state index in [1.54, 1.807) is 31.4 Å². The maximum atomic E-state index is 11.1. The van der Waals surface area contributed by atoms with Crippen molar-refractivity contribution in [2.24, 2.45) is 5.73 Å². The minimum absolute atomic E-state index is 0.102. The number of ether oxygens (including phenoxy) is 2. The van der Waals surface area contributed by atoms with Gasteiger partial charge in [-0.2, -0.15) is 5.26 Å². The average Bonchev–Trinajstić information content (AvgIpc) is 2.52. The van der Waals surface area contributed by atoms with E-state index in [9.17, 15) is 4.79 Å². The van der Waals surface area contributed by atoms with Crippen molar-refractivity contribution in [3.63, 3.8) is 0 Å². The largest absolute Gasteiger partial charge is 0.493 e. The molecule has 0 atom stereocenters. The van der Waals surface area contributed by atoms with E-state index in [2.05, 4.69) is 6.92 Å². The molecule has 0 aliphatic carbocycles. The van der Waals surface area contributed by atoms with Gasteiger partial charge in [0.15, 0.2) is 11.5 Å². The Hall–Kier alpha value is -2.48. The number of hydrogen-bond donors (Lipinski definition) is 1. The third kappa shape index (κ3) is 5.49. The standard InChI is InChI=1S/C17H22N2O3/c1-3-4-5-6-9-22-15-8-7-13(11-16(15)21-2)10-14(12-18)17(19)20/h7-8,10-11H,3-6,9H2,1-2H3,(H2,19,20). The van der Waals surface area contributed by atoms with Gasteiger partial charge in [-0.15, -0.1) is 0 Å². The number of nitrogens with zero attached hydrogens (tertiary/aromatic N) is 1. The number of carbonyl (C=O) groups is 1. The average molecular weight is 302 g/mol. The van der Waals surface area contributed by atoms with Gasteiger partial charge < -0.3 is 15.2 Å². The molecular weight excluding hydrogens is 280 g/mol. The first-order chi connectivity index (χ1) is 10.6. The minimum atomic E-state index is -0.752. The highest BCUT2D eigenvalue weighted by molar-refractivity contribution is 6.00. The first-order valence-corrected chi connectivity index (χ1v) is 7.34. The Bertz CT molecular complexity index is 574. The van der Waals surface area contributed by atoms with Crippen LogP contribution in [0, 0.1) is 11.3 Å². The summed E-state index contributed by atoms with van der Waals surface area (Å²) >= 11 is 0. The fourth-order valence-corrected chi connectivity index (χ4v) is 1.93. The van der Waals surface area contributed by atoms with Crippen LogP contribution in [-0.4, -0.2) is 19.6 Å². The van der Waals surface area contributed by atoms with E-state index in [1.165, 1.54) is 18.9 Å². The third-order valence-electron chi connectivity index (χ3n) is 3.14. The van der Waals surface area contributed by atoms with E-state index in [-0.39, 0.29) is 5.57 Å². The molecule has 0 spiro atoms. The maximum Gasteiger partial charge on any atom is 0.259 e. The predicted octanol–water partition coefficient (Wildman–Crippen LogP) is 3.05. The summed E-state index contributed by atoms with van der Waals surface area (Å²) in [5, 5.41) is 8.85. The lowest BCUT2D eigenvalue weighted by Crippen LogP contribution is -2.12. The molecule has 1 aromatic rings. The molecule has 0 heterocycles. The molecule has 1 aromatic carbocycles. The maximum absolute atomic E-state index is 11.1. The molecular formula is C17H22N2O3. The van der Waals surface area contributed by atoms with Crippen LogP contribution in [0.15, 0.2) is 23.8 Å². The molecule has 1 rings (SSSR count). The van der Waals surface area contributed by atoms with Crippen LogP contribution in [0.25, 0.3) is 6.08 Å². The summed E-state index contributed by atoms with van der Waals surface area (Å²) < 4.78 is 11.0. The third-order valence-corrected chi connectivity index (χ3v) is 3.14. The van der Waals surface area contributed by atoms with E-state index in [4.69, 9.17) is 20.5 Å². The molecule has 0 saturated carbocycles. The molecule has 0 unspecified atom stereocenters. The fourth-order valence-electron chi connectivity index (χ4n) is 1.93. The molecule has 5 heteroatoms. The first-order valence-electron chi connectivity index (χ1n) is 7.34. The Labute approximate surface area is 131 Å². The summed E-state index contributed by atoms with van der Waals surface area (Å²) in [6.07, 6.45) is 5.96. The number of nitrogens with two attached hydrogens (primary N) is 1. The van der Waals surface area contributed by atoms with E-state index in [1.807, 2.05) is 0 Å². The summed E-state index contributed by atoms with van der Waals surface area (Å²) in [4.78, 5) is 11.1. The molecule has 2 N–H and O–H groups in total. The Morgan fingerprint density at radius 3 is 2.68 bits per heavy atom. The molecule has 0 aromatic heterocycles. The van der Waals surface area contributed by atoms with Crippen LogP contribution in [0.4, 0.5) is 0 Å². The topological polar surface area (TPSA) is 85.3 Å². The van der Waals surface area contributed by atoms with Crippen molar-refractivity contribution in [1.82, 2.24) is 0 Å². The Morgan fingerprint density at radius 1 is 1.32 bits per heavy atom. The lowest BCUT2D eigenvalue weighted by Gasteiger charge is -2.11. The fraction of sp³-hybridized carbons (Fsp3) is 0.412. The van der Waals surface area contributed by atoms with Gasteiger partial charge in [0, 0.05) is 0 Å². The SMILES string of the molecule is CCCCCCOc1ccc(C=C(C#N)C(N)=O)cc1OC. The number of carbonyl (C=O) groups excluding carboxylic acids is 1. The van der Waals surface area contributed by atoms with Crippen molar-refractivity contribution in [1.29, 1.82) is 5.26 Å². The van der Waals surface area contributed by atoms with Crippen LogP contribution in [0.3, 0.4) is 0 Å². The zero-order chi connectivity index (χ0) is 16.4. The highest BCUT2D eigenvalue weighted by Gasteiger charge is 2.07. The molecule has 5 nitrogen and oxygen atoms in total. The van der Waals surface area contributed by atoms with Gasteiger partial charge in [-0.3, -0.25) is 4.79 Å². The van der Waals surface area contributed by atoms with Gasteiger partial charge >= 0.3 is 0 Å². The molecule has 0 aliphatic heterocycles. The summed E-state index contributed by atoms with van der Waals surface area (Å²) in [5.74, 6) is 0.456. The molecule has 118 valence electrons. The first kappa shape index (κ1) is 17.6. The highest BCUT2D eigenvalue weighted by Crippen LogP contribution is 2.29. The van der Waals surface area contributed by atoms with Crippen molar-refractivity contribution < 1.29 is 14.3 Å². The number of hydrogen-bond acceptors (Lipinski definition) is 4. The quantitative estimate of drug-likeness (QED) is 0.431. The van der Waals surface area contributed by atoms with Crippen LogP contribution in [0.5, 0.6) is 11.5 Å². The van der Waals surface area contributed by atoms with Gasteiger partial charge in [-0.25, -0.2) is 0 Å². The summed E-state index contributed by atoms with van der Waals surface area (Å²) in [6, 6.07) is 7.00. The smallest absolute Gasteiger partial charge is 0.259 e. The van der Waals surface area contributed by atoms with Crippen molar-refractivity contribution in [2.75, 3.05) is 13.7 Å². The van der Waals surface area contributed by atoms with Gasteiger partial charge in [0.05, 0.1) is 13.7 Å². The van der Waals surface area contributed by atoms with Crippen LogP contribution in [-0.2, 0) is 4.79 Å². The minimum Gasteiger partial charge on any atom is -0.493 e. The van der Waals surface area contributed by atoms with Gasteiger partial charge in [-0.05, 0) is 30.2 Å². The van der Waals surface area contributed by atoms with Gasteiger partial charge in [-0.1, -0.05) is 32.3 Å². The molecule has 1 amide bonds.